The second-order valence-corrected chi connectivity index (χ2v) is 7.74. The molecule has 0 saturated carbocycles. The lowest BCUT2D eigenvalue weighted by molar-refractivity contribution is -0.140. The van der Waals surface area contributed by atoms with Crippen molar-refractivity contribution in [2.45, 2.75) is 20.0 Å². The van der Waals surface area contributed by atoms with Crippen LogP contribution in [0.2, 0.25) is 0 Å². The molecule has 166 valence electrons. The fourth-order valence-electron chi connectivity index (χ4n) is 3.91. The van der Waals surface area contributed by atoms with Gasteiger partial charge in [-0.15, -0.1) is 0 Å². The summed E-state index contributed by atoms with van der Waals surface area (Å²) in [5.74, 6) is 0.147. The number of hydrogen-bond donors (Lipinski definition) is 0. The van der Waals surface area contributed by atoms with Crippen molar-refractivity contribution < 1.29 is 14.3 Å². The van der Waals surface area contributed by atoms with E-state index in [-0.39, 0.29) is 24.5 Å². The van der Waals surface area contributed by atoms with Crippen LogP contribution in [0.15, 0.2) is 60.7 Å². The summed E-state index contributed by atoms with van der Waals surface area (Å²) in [5, 5.41) is 0. The maximum atomic E-state index is 12.8. The SMILES string of the molecule is CCN(CC)C(=O)CN1CCN(C(=O)COC(c2ccccc2)c2ccccc2)CC1. The molecule has 0 radical (unpaired) electrons. The van der Waals surface area contributed by atoms with Crippen molar-refractivity contribution in [1.29, 1.82) is 0 Å². The zero-order valence-electron chi connectivity index (χ0n) is 18.6. The van der Waals surface area contributed by atoms with Crippen LogP contribution >= 0.6 is 0 Å². The van der Waals surface area contributed by atoms with Gasteiger partial charge in [-0.2, -0.15) is 0 Å². The van der Waals surface area contributed by atoms with Crippen LogP contribution in [-0.2, 0) is 14.3 Å². The molecule has 3 rings (SSSR count). The number of benzene rings is 2. The predicted molar refractivity (Wildman–Crippen MR) is 122 cm³/mol. The van der Waals surface area contributed by atoms with E-state index in [1.807, 2.05) is 84.3 Å². The Hall–Kier alpha value is -2.70. The Bertz CT molecular complexity index is 777. The number of carbonyl (C=O) groups excluding carboxylic acids is 2. The van der Waals surface area contributed by atoms with Gasteiger partial charge < -0.3 is 14.5 Å². The normalized spacial score (nSPS) is 14.6. The van der Waals surface area contributed by atoms with E-state index >= 15 is 0 Å². The van der Waals surface area contributed by atoms with Crippen molar-refractivity contribution in [3.63, 3.8) is 0 Å². The lowest BCUT2D eigenvalue weighted by Gasteiger charge is -2.35. The van der Waals surface area contributed by atoms with Crippen LogP contribution in [0.25, 0.3) is 0 Å². The molecule has 6 nitrogen and oxygen atoms in total. The van der Waals surface area contributed by atoms with Crippen molar-refractivity contribution >= 4 is 11.8 Å². The highest BCUT2D eigenvalue weighted by Gasteiger charge is 2.25. The summed E-state index contributed by atoms with van der Waals surface area (Å²) in [5.41, 5.74) is 2.06. The van der Waals surface area contributed by atoms with Gasteiger partial charge in [0.05, 0.1) is 6.54 Å². The van der Waals surface area contributed by atoms with Gasteiger partial charge in [0, 0.05) is 39.3 Å². The number of rotatable bonds is 9. The number of likely N-dealkylation sites (N-methyl/N-ethyl adjacent to an activating group) is 1. The molecule has 0 aromatic heterocycles. The Labute approximate surface area is 185 Å². The standard InChI is InChI=1S/C25H33N3O3/c1-3-27(4-2)23(29)19-26-15-17-28(18-16-26)24(30)20-31-25(21-11-7-5-8-12-21)22-13-9-6-10-14-22/h5-14,25H,3-4,15-20H2,1-2H3. The molecule has 6 heteroatoms. The minimum Gasteiger partial charge on any atom is -0.359 e. The first-order chi connectivity index (χ1) is 15.1. The molecule has 1 aliphatic rings. The quantitative estimate of drug-likeness (QED) is 0.622. The van der Waals surface area contributed by atoms with Gasteiger partial charge in [0.1, 0.15) is 12.7 Å². The third kappa shape index (κ3) is 6.39. The number of carbonyl (C=O) groups is 2. The molecular weight excluding hydrogens is 390 g/mol. The van der Waals surface area contributed by atoms with Crippen LogP contribution in [0, 0.1) is 0 Å². The molecule has 31 heavy (non-hydrogen) atoms. The summed E-state index contributed by atoms with van der Waals surface area (Å²) in [6, 6.07) is 20.0. The van der Waals surface area contributed by atoms with Gasteiger partial charge in [-0.1, -0.05) is 60.7 Å². The van der Waals surface area contributed by atoms with Crippen LogP contribution in [0.3, 0.4) is 0 Å². The minimum absolute atomic E-state index is 0.00779. The molecule has 0 atom stereocenters. The highest BCUT2D eigenvalue weighted by atomic mass is 16.5. The predicted octanol–water partition coefficient (Wildman–Crippen LogP) is 2.81. The summed E-state index contributed by atoms with van der Waals surface area (Å²) in [4.78, 5) is 30.9. The molecule has 0 aliphatic carbocycles. The second kappa shape index (κ2) is 11.6. The zero-order chi connectivity index (χ0) is 22.1. The Morgan fingerprint density at radius 1 is 0.871 bits per heavy atom. The van der Waals surface area contributed by atoms with Crippen LogP contribution in [0.1, 0.15) is 31.1 Å². The maximum Gasteiger partial charge on any atom is 0.248 e. The lowest BCUT2D eigenvalue weighted by Crippen LogP contribution is -2.52. The first-order valence-electron chi connectivity index (χ1n) is 11.1. The van der Waals surface area contributed by atoms with Gasteiger partial charge >= 0.3 is 0 Å². The van der Waals surface area contributed by atoms with Gasteiger partial charge in [-0.3, -0.25) is 14.5 Å². The van der Waals surface area contributed by atoms with E-state index < -0.39 is 0 Å². The Kier molecular flexibility index (Phi) is 8.62. The van der Waals surface area contributed by atoms with E-state index in [0.717, 1.165) is 24.2 Å². The molecule has 2 aromatic rings. The van der Waals surface area contributed by atoms with Crippen LogP contribution in [0.5, 0.6) is 0 Å². The summed E-state index contributed by atoms with van der Waals surface area (Å²) >= 11 is 0. The average molecular weight is 424 g/mol. The molecule has 1 saturated heterocycles. The van der Waals surface area contributed by atoms with Gasteiger partial charge in [-0.05, 0) is 25.0 Å². The van der Waals surface area contributed by atoms with E-state index in [4.69, 9.17) is 4.74 Å². The summed E-state index contributed by atoms with van der Waals surface area (Å²) < 4.78 is 6.12. The van der Waals surface area contributed by atoms with Gasteiger partial charge in [0.25, 0.3) is 0 Å². The van der Waals surface area contributed by atoms with Gasteiger partial charge in [0.2, 0.25) is 11.8 Å². The molecule has 2 aromatic carbocycles. The Morgan fingerprint density at radius 3 is 1.87 bits per heavy atom. The van der Waals surface area contributed by atoms with E-state index in [9.17, 15) is 9.59 Å². The monoisotopic (exact) mass is 423 g/mol. The van der Waals surface area contributed by atoms with Crippen molar-refractivity contribution in [1.82, 2.24) is 14.7 Å². The Balaban J connectivity index is 1.52. The maximum absolute atomic E-state index is 12.8. The third-order valence-electron chi connectivity index (χ3n) is 5.78. The van der Waals surface area contributed by atoms with Gasteiger partial charge in [0.15, 0.2) is 0 Å². The molecule has 2 amide bonds. The lowest BCUT2D eigenvalue weighted by atomic mass is 10.0. The topological polar surface area (TPSA) is 53.1 Å². The number of amides is 2. The molecule has 0 spiro atoms. The van der Waals surface area contributed by atoms with E-state index in [1.165, 1.54) is 0 Å². The summed E-state index contributed by atoms with van der Waals surface area (Å²) in [6.45, 7) is 8.57. The Morgan fingerprint density at radius 2 is 1.39 bits per heavy atom. The molecular formula is C25H33N3O3. The van der Waals surface area contributed by atoms with Crippen LogP contribution in [0.4, 0.5) is 0 Å². The van der Waals surface area contributed by atoms with E-state index in [1.54, 1.807) is 0 Å². The number of ether oxygens (including phenoxy) is 1. The van der Waals surface area contributed by atoms with Crippen LogP contribution < -0.4 is 0 Å². The fourth-order valence-corrected chi connectivity index (χ4v) is 3.91. The fraction of sp³-hybridized carbons (Fsp3) is 0.440. The molecule has 0 bridgehead atoms. The van der Waals surface area contributed by atoms with Crippen molar-refractivity contribution in [2.75, 3.05) is 52.4 Å². The zero-order valence-corrected chi connectivity index (χ0v) is 18.6. The number of piperazine rings is 1. The second-order valence-electron chi connectivity index (χ2n) is 7.74. The van der Waals surface area contributed by atoms with Gasteiger partial charge in [-0.25, -0.2) is 0 Å². The molecule has 1 fully saturated rings. The third-order valence-corrected chi connectivity index (χ3v) is 5.78. The molecule has 0 N–H and O–H groups in total. The van der Waals surface area contributed by atoms with E-state index in [2.05, 4.69) is 4.90 Å². The highest BCUT2D eigenvalue weighted by Crippen LogP contribution is 2.25. The van der Waals surface area contributed by atoms with E-state index in [0.29, 0.717) is 32.7 Å². The van der Waals surface area contributed by atoms with Crippen molar-refractivity contribution in [3.05, 3.63) is 71.8 Å². The summed E-state index contributed by atoms with van der Waals surface area (Å²) in [6.07, 6.45) is -0.278. The average Bonchev–Trinajstić information content (AvgIpc) is 2.82. The largest absolute Gasteiger partial charge is 0.359 e. The van der Waals surface area contributed by atoms with Crippen LogP contribution in [-0.4, -0.2) is 78.9 Å². The van der Waals surface area contributed by atoms with Crippen molar-refractivity contribution in [2.24, 2.45) is 0 Å². The first-order valence-corrected chi connectivity index (χ1v) is 11.1. The molecule has 0 unspecified atom stereocenters. The number of nitrogens with zero attached hydrogens (tertiary/aromatic N) is 3. The number of hydrogen-bond acceptors (Lipinski definition) is 4. The summed E-state index contributed by atoms with van der Waals surface area (Å²) in [7, 11) is 0. The van der Waals surface area contributed by atoms with Crippen molar-refractivity contribution in [3.8, 4) is 0 Å². The molecule has 1 aliphatic heterocycles. The minimum atomic E-state index is -0.278. The molecule has 1 heterocycles. The smallest absolute Gasteiger partial charge is 0.248 e. The first kappa shape index (κ1) is 23.0. The highest BCUT2D eigenvalue weighted by molar-refractivity contribution is 5.79.